The zero-order chi connectivity index (χ0) is 19.1. The monoisotopic (exact) mass is 354 g/mol. The van der Waals surface area contributed by atoms with E-state index in [0.29, 0.717) is 12.5 Å². The Kier molecular flexibility index (Phi) is 7.22. The Morgan fingerprint density at radius 3 is 2.50 bits per heavy atom. The first-order chi connectivity index (χ1) is 12.5. The number of ether oxygens (including phenoxy) is 1. The Labute approximate surface area is 157 Å². The Morgan fingerprint density at radius 1 is 1.12 bits per heavy atom. The SMILES string of the molecule is CCN(CC(=O)Nc1ccccc1C(C)C)C(C)c1cccc(OC)c1. The summed E-state index contributed by atoms with van der Waals surface area (Å²) < 4.78 is 5.32. The van der Waals surface area contributed by atoms with Gasteiger partial charge in [0.05, 0.1) is 13.7 Å². The van der Waals surface area contributed by atoms with Gasteiger partial charge in [-0.05, 0) is 48.7 Å². The second-order valence-electron chi connectivity index (χ2n) is 6.81. The van der Waals surface area contributed by atoms with Crippen LogP contribution in [0.25, 0.3) is 0 Å². The van der Waals surface area contributed by atoms with Gasteiger partial charge in [-0.1, -0.05) is 51.1 Å². The van der Waals surface area contributed by atoms with Gasteiger partial charge in [0, 0.05) is 11.7 Å². The van der Waals surface area contributed by atoms with E-state index in [1.807, 2.05) is 36.4 Å². The first kappa shape index (κ1) is 20.0. The molecule has 0 radical (unpaired) electrons. The van der Waals surface area contributed by atoms with Crippen LogP contribution in [-0.4, -0.2) is 31.0 Å². The van der Waals surface area contributed by atoms with Gasteiger partial charge in [-0.25, -0.2) is 0 Å². The molecule has 0 bridgehead atoms. The van der Waals surface area contributed by atoms with Crippen molar-refractivity contribution in [3.63, 3.8) is 0 Å². The number of methoxy groups -OCH3 is 1. The number of amides is 1. The molecule has 0 spiro atoms. The summed E-state index contributed by atoms with van der Waals surface area (Å²) in [6.45, 7) is 9.60. The van der Waals surface area contributed by atoms with E-state index in [9.17, 15) is 4.79 Å². The number of hydrogen-bond acceptors (Lipinski definition) is 3. The molecule has 2 aromatic carbocycles. The van der Waals surface area contributed by atoms with Crippen LogP contribution in [0.4, 0.5) is 5.69 Å². The molecular weight excluding hydrogens is 324 g/mol. The van der Waals surface area contributed by atoms with Crippen LogP contribution in [-0.2, 0) is 4.79 Å². The Bertz CT molecular complexity index is 728. The van der Waals surface area contributed by atoms with Gasteiger partial charge in [0.2, 0.25) is 5.91 Å². The molecule has 4 nitrogen and oxygen atoms in total. The average molecular weight is 354 g/mol. The summed E-state index contributed by atoms with van der Waals surface area (Å²) in [6.07, 6.45) is 0. The van der Waals surface area contributed by atoms with Crippen LogP contribution < -0.4 is 10.1 Å². The first-order valence-electron chi connectivity index (χ1n) is 9.23. The number of carbonyl (C=O) groups is 1. The molecule has 0 saturated heterocycles. The van der Waals surface area contributed by atoms with Crippen LogP contribution in [0.5, 0.6) is 5.75 Å². The quantitative estimate of drug-likeness (QED) is 0.737. The van der Waals surface area contributed by atoms with Gasteiger partial charge in [-0.3, -0.25) is 9.69 Å². The number of carbonyl (C=O) groups excluding carboxylic acids is 1. The summed E-state index contributed by atoms with van der Waals surface area (Å²) in [5, 5.41) is 3.08. The van der Waals surface area contributed by atoms with Gasteiger partial charge in [0.1, 0.15) is 5.75 Å². The summed E-state index contributed by atoms with van der Waals surface area (Å²) in [6, 6.07) is 16.1. The molecule has 26 heavy (non-hydrogen) atoms. The van der Waals surface area contributed by atoms with Gasteiger partial charge in [0.15, 0.2) is 0 Å². The highest BCUT2D eigenvalue weighted by Crippen LogP contribution is 2.25. The molecule has 0 saturated carbocycles. The maximum Gasteiger partial charge on any atom is 0.238 e. The van der Waals surface area contributed by atoms with Gasteiger partial charge < -0.3 is 10.1 Å². The van der Waals surface area contributed by atoms with E-state index in [2.05, 4.69) is 50.0 Å². The molecule has 0 aliphatic heterocycles. The summed E-state index contributed by atoms with van der Waals surface area (Å²) >= 11 is 0. The molecule has 0 aromatic heterocycles. The minimum Gasteiger partial charge on any atom is -0.497 e. The molecule has 1 N–H and O–H groups in total. The number of hydrogen-bond donors (Lipinski definition) is 1. The second-order valence-corrected chi connectivity index (χ2v) is 6.81. The number of likely N-dealkylation sites (N-methyl/N-ethyl adjacent to an activating group) is 1. The zero-order valence-corrected chi connectivity index (χ0v) is 16.5. The number of benzene rings is 2. The van der Waals surface area contributed by atoms with E-state index in [4.69, 9.17) is 4.74 Å². The van der Waals surface area contributed by atoms with E-state index in [1.165, 1.54) is 0 Å². The van der Waals surface area contributed by atoms with Crippen molar-refractivity contribution in [3.8, 4) is 5.75 Å². The maximum absolute atomic E-state index is 12.6. The van der Waals surface area contributed by atoms with Crippen LogP contribution in [0.1, 0.15) is 50.8 Å². The zero-order valence-electron chi connectivity index (χ0n) is 16.5. The minimum absolute atomic E-state index is 0.00898. The van der Waals surface area contributed by atoms with Crippen molar-refractivity contribution >= 4 is 11.6 Å². The highest BCUT2D eigenvalue weighted by molar-refractivity contribution is 5.93. The third kappa shape index (κ3) is 5.09. The molecule has 1 unspecified atom stereocenters. The molecule has 0 aliphatic rings. The normalized spacial score (nSPS) is 12.3. The molecule has 2 rings (SSSR count). The maximum atomic E-state index is 12.6. The molecule has 0 aliphatic carbocycles. The molecule has 0 fully saturated rings. The van der Waals surface area contributed by atoms with Gasteiger partial charge in [0.25, 0.3) is 0 Å². The van der Waals surface area contributed by atoms with Crippen LogP contribution in [0.2, 0.25) is 0 Å². The van der Waals surface area contributed by atoms with Crippen molar-refractivity contribution in [3.05, 3.63) is 59.7 Å². The van der Waals surface area contributed by atoms with Gasteiger partial charge >= 0.3 is 0 Å². The predicted octanol–water partition coefficient (Wildman–Crippen LogP) is 4.84. The number of para-hydroxylation sites is 1. The third-order valence-electron chi connectivity index (χ3n) is 4.73. The lowest BCUT2D eigenvalue weighted by atomic mass is 10.0. The predicted molar refractivity (Wildman–Crippen MR) is 108 cm³/mol. The summed E-state index contributed by atoms with van der Waals surface area (Å²) in [4.78, 5) is 14.8. The molecule has 0 heterocycles. The Balaban J connectivity index is 2.08. The van der Waals surface area contributed by atoms with E-state index in [1.54, 1.807) is 7.11 Å². The molecule has 140 valence electrons. The van der Waals surface area contributed by atoms with Crippen LogP contribution in [0.3, 0.4) is 0 Å². The van der Waals surface area contributed by atoms with E-state index < -0.39 is 0 Å². The number of rotatable bonds is 8. The summed E-state index contributed by atoms with van der Waals surface area (Å²) in [7, 11) is 1.67. The number of nitrogens with zero attached hydrogens (tertiary/aromatic N) is 1. The number of anilines is 1. The van der Waals surface area contributed by atoms with Gasteiger partial charge in [-0.15, -0.1) is 0 Å². The molecule has 4 heteroatoms. The highest BCUT2D eigenvalue weighted by Gasteiger charge is 2.18. The Morgan fingerprint density at radius 2 is 1.85 bits per heavy atom. The fraction of sp³-hybridized carbons (Fsp3) is 0.409. The summed E-state index contributed by atoms with van der Waals surface area (Å²) in [5.41, 5.74) is 3.20. The van der Waals surface area contributed by atoms with Gasteiger partial charge in [-0.2, -0.15) is 0 Å². The highest BCUT2D eigenvalue weighted by atomic mass is 16.5. The molecule has 1 amide bonds. The Hall–Kier alpha value is -2.33. The fourth-order valence-corrected chi connectivity index (χ4v) is 3.12. The summed E-state index contributed by atoms with van der Waals surface area (Å²) in [5.74, 6) is 1.21. The largest absolute Gasteiger partial charge is 0.497 e. The molecule has 2 aromatic rings. The average Bonchev–Trinajstić information content (AvgIpc) is 2.65. The van der Waals surface area contributed by atoms with Crippen molar-refractivity contribution < 1.29 is 9.53 Å². The lowest BCUT2D eigenvalue weighted by molar-refractivity contribution is -0.117. The topological polar surface area (TPSA) is 41.6 Å². The first-order valence-corrected chi connectivity index (χ1v) is 9.23. The van der Waals surface area contributed by atoms with Crippen LogP contribution in [0.15, 0.2) is 48.5 Å². The smallest absolute Gasteiger partial charge is 0.238 e. The lowest BCUT2D eigenvalue weighted by Gasteiger charge is -2.28. The lowest BCUT2D eigenvalue weighted by Crippen LogP contribution is -2.35. The minimum atomic E-state index is 0.00898. The number of nitrogens with one attached hydrogen (secondary N) is 1. The van der Waals surface area contributed by atoms with Crippen LogP contribution >= 0.6 is 0 Å². The van der Waals surface area contributed by atoms with Crippen molar-refractivity contribution in [1.82, 2.24) is 4.90 Å². The van der Waals surface area contributed by atoms with Crippen LogP contribution in [0, 0.1) is 0 Å². The second kappa shape index (κ2) is 9.39. The molecule has 1 atom stereocenters. The van der Waals surface area contributed by atoms with E-state index in [-0.39, 0.29) is 11.9 Å². The molecular formula is C22H30N2O2. The van der Waals surface area contributed by atoms with Crippen molar-refractivity contribution in [2.75, 3.05) is 25.5 Å². The van der Waals surface area contributed by atoms with E-state index >= 15 is 0 Å². The van der Waals surface area contributed by atoms with Crippen molar-refractivity contribution in [2.24, 2.45) is 0 Å². The third-order valence-corrected chi connectivity index (χ3v) is 4.73. The van der Waals surface area contributed by atoms with E-state index in [0.717, 1.165) is 29.1 Å². The fourth-order valence-electron chi connectivity index (χ4n) is 3.12. The van der Waals surface area contributed by atoms with Crippen molar-refractivity contribution in [1.29, 1.82) is 0 Å². The van der Waals surface area contributed by atoms with Crippen molar-refractivity contribution in [2.45, 2.75) is 39.7 Å². The standard InChI is InChI=1S/C22H30N2O2/c1-6-24(17(4)18-10-9-11-19(14-18)26-5)15-22(25)23-21-13-8-7-12-20(21)16(2)3/h7-14,16-17H,6,15H2,1-5H3,(H,23,25).